The zero-order valence-corrected chi connectivity index (χ0v) is 15.4. The Morgan fingerprint density at radius 3 is 2.30 bits per heavy atom. The molecule has 0 bridgehead atoms. The molecular weight excluding hydrogens is 348 g/mol. The summed E-state index contributed by atoms with van der Waals surface area (Å²) in [5.74, 6) is 0.216. The first kappa shape index (κ1) is 19.8. The lowest BCUT2D eigenvalue weighted by atomic mass is 10.1. The van der Waals surface area contributed by atoms with Gasteiger partial charge in [-0.15, -0.1) is 0 Å². The number of likely N-dealkylation sites (N-methyl/N-ethyl adjacent to an activating group) is 1. The zero-order valence-electron chi connectivity index (χ0n) is 15.4. The topological polar surface area (TPSA) is 88.9 Å². The largest absolute Gasteiger partial charge is 0.493 e. The molecule has 1 amide bonds. The van der Waals surface area contributed by atoms with E-state index in [-0.39, 0.29) is 18.1 Å². The second-order valence-electron chi connectivity index (χ2n) is 5.70. The summed E-state index contributed by atoms with van der Waals surface area (Å²) in [6.07, 6.45) is 0. The normalized spacial score (nSPS) is 9.85. The van der Waals surface area contributed by atoms with Crippen molar-refractivity contribution < 1.29 is 23.8 Å². The number of ether oxygens (including phenoxy) is 3. The minimum Gasteiger partial charge on any atom is -0.493 e. The predicted octanol–water partition coefficient (Wildman–Crippen LogP) is 2.39. The maximum absolute atomic E-state index is 12.2. The maximum atomic E-state index is 12.2. The molecule has 0 radical (unpaired) electrons. The van der Waals surface area contributed by atoms with Gasteiger partial charge in [-0.05, 0) is 42.0 Å². The summed E-state index contributed by atoms with van der Waals surface area (Å²) in [5, 5.41) is 8.76. The molecule has 0 aliphatic rings. The van der Waals surface area contributed by atoms with E-state index in [4.69, 9.17) is 19.5 Å². The highest BCUT2D eigenvalue weighted by Crippen LogP contribution is 2.27. The minimum absolute atomic E-state index is 0.282. The van der Waals surface area contributed by atoms with Crippen molar-refractivity contribution in [3.8, 4) is 17.6 Å². The molecule has 2 aromatic rings. The smallest absolute Gasteiger partial charge is 0.338 e. The van der Waals surface area contributed by atoms with E-state index in [9.17, 15) is 9.59 Å². The molecule has 2 aromatic carbocycles. The van der Waals surface area contributed by atoms with Gasteiger partial charge in [0.15, 0.2) is 18.1 Å². The third-order valence-corrected chi connectivity index (χ3v) is 3.87. The van der Waals surface area contributed by atoms with Gasteiger partial charge in [-0.1, -0.05) is 6.07 Å². The Morgan fingerprint density at radius 2 is 1.70 bits per heavy atom. The fourth-order valence-corrected chi connectivity index (χ4v) is 2.34. The Kier molecular flexibility index (Phi) is 6.78. The average molecular weight is 368 g/mol. The second-order valence-corrected chi connectivity index (χ2v) is 5.70. The van der Waals surface area contributed by atoms with Crippen LogP contribution in [0.15, 0.2) is 42.5 Å². The second kappa shape index (κ2) is 9.25. The molecule has 0 atom stereocenters. The van der Waals surface area contributed by atoms with Crippen molar-refractivity contribution in [2.45, 2.75) is 6.54 Å². The summed E-state index contributed by atoms with van der Waals surface area (Å²) in [5.41, 5.74) is 1.57. The van der Waals surface area contributed by atoms with Crippen molar-refractivity contribution in [3.63, 3.8) is 0 Å². The van der Waals surface area contributed by atoms with Gasteiger partial charge >= 0.3 is 5.97 Å². The first-order valence-electron chi connectivity index (χ1n) is 8.10. The molecule has 7 heteroatoms. The number of rotatable bonds is 7. The fraction of sp³-hybridized carbons (Fsp3) is 0.250. The lowest BCUT2D eigenvalue weighted by Crippen LogP contribution is -2.30. The SMILES string of the molecule is COc1ccc(CN(C)C(=O)COC(=O)c2ccc(C#N)cc2)cc1OC. The van der Waals surface area contributed by atoms with Crippen molar-refractivity contribution in [2.75, 3.05) is 27.9 Å². The van der Waals surface area contributed by atoms with Crippen LogP contribution < -0.4 is 9.47 Å². The number of benzene rings is 2. The maximum Gasteiger partial charge on any atom is 0.338 e. The lowest BCUT2D eigenvalue weighted by Gasteiger charge is -2.18. The quantitative estimate of drug-likeness (QED) is 0.697. The standard InChI is InChI=1S/C20H20N2O5/c1-22(12-15-6-9-17(25-2)18(10-15)26-3)19(23)13-27-20(24)16-7-4-14(11-21)5-8-16/h4-10H,12-13H2,1-3H3. The van der Waals surface area contributed by atoms with Crippen LogP contribution >= 0.6 is 0 Å². The monoisotopic (exact) mass is 368 g/mol. The van der Waals surface area contributed by atoms with Gasteiger partial charge in [0.1, 0.15) is 0 Å². The molecule has 0 aliphatic carbocycles. The van der Waals surface area contributed by atoms with Gasteiger partial charge in [0.05, 0.1) is 31.4 Å². The summed E-state index contributed by atoms with van der Waals surface area (Å²) in [6.45, 7) is -0.0454. The molecule has 27 heavy (non-hydrogen) atoms. The van der Waals surface area contributed by atoms with Crippen LogP contribution in [-0.2, 0) is 16.1 Å². The summed E-state index contributed by atoms with van der Waals surface area (Å²) in [6, 6.07) is 13.3. The highest BCUT2D eigenvalue weighted by molar-refractivity contribution is 5.91. The molecule has 0 aromatic heterocycles. The number of hydrogen-bond acceptors (Lipinski definition) is 6. The van der Waals surface area contributed by atoms with Crippen molar-refractivity contribution in [3.05, 3.63) is 59.2 Å². The summed E-state index contributed by atoms with van der Waals surface area (Å²) in [7, 11) is 4.71. The van der Waals surface area contributed by atoms with Crippen molar-refractivity contribution in [2.24, 2.45) is 0 Å². The van der Waals surface area contributed by atoms with Crippen molar-refractivity contribution >= 4 is 11.9 Å². The van der Waals surface area contributed by atoms with Crippen LogP contribution in [0.5, 0.6) is 11.5 Å². The third-order valence-electron chi connectivity index (χ3n) is 3.87. The number of esters is 1. The number of methoxy groups -OCH3 is 2. The molecule has 0 fully saturated rings. The molecule has 0 N–H and O–H groups in total. The van der Waals surface area contributed by atoms with E-state index in [2.05, 4.69) is 0 Å². The van der Waals surface area contributed by atoms with E-state index in [1.165, 1.54) is 29.2 Å². The highest BCUT2D eigenvalue weighted by Gasteiger charge is 2.15. The lowest BCUT2D eigenvalue weighted by molar-refractivity contribution is -0.133. The van der Waals surface area contributed by atoms with Crippen molar-refractivity contribution in [1.29, 1.82) is 5.26 Å². The molecule has 0 heterocycles. The van der Waals surface area contributed by atoms with E-state index in [1.807, 2.05) is 12.1 Å². The molecule has 0 unspecified atom stereocenters. The molecule has 0 saturated carbocycles. The molecule has 0 spiro atoms. The van der Waals surface area contributed by atoms with Gasteiger partial charge in [-0.25, -0.2) is 4.79 Å². The molecule has 2 rings (SSSR count). The average Bonchev–Trinajstić information content (AvgIpc) is 2.71. The summed E-state index contributed by atoms with van der Waals surface area (Å²) < 4.78 is 15.5. The van der Waals surface area contributed by atoms with E-state index in [1.54, 1.807) is 33.4 Å². The van der Waals surface area contributed by atoms with E-state index < -0.39 is 5.97 Å². The molecule has 7 nitrogen and oxygen atoms in total. The van der Waals surface area contributed by atoms with Crippen LogP contribution in [-0.4, -0.2) is 44.7 Å². The molecular formula is C20H20N2O5. The Bertz CT molecular complexity index is 856. The van der Waals surface area contributed by atoms with E-state index in [0.717, 1.165) is 5.56 Å². The number of nitriles is 1. The van der Waals surface area contributed by atoms with Crippen LogP contribution in [0, 0.1) is 11.3 Å². The molecule has 140 valence electrons. The minimum atomic E-state index is -0.618. The van der Waals surface area contributed by atoms with Gasteiger partial charge in [0, 0.05) is 13.6 Å². The number of carbonyl (C=O) groups excluding carboxylic acids is 2. The number of nitrogens with zero attached hydrogens (tertiary/aromatic N) is 2. The van der Waals surface area contributed by atoms with Crippen LogP contribution in [0.3, 0.4) is 0 Å². The Morgan fingerprint density at radius 1 is 1.04 bits per heavy atom. The van der Waals surface area contributed by atoms with E-state index in [0.29, 0.717) is 23.6 Å². The fourth-order valence-electron chi connectivity index (χ4n) is 2.34. The Balaban J connectivity index is 1.91. The first-order chi connectivity index (χ1) is 13.0. The number of carbonyl (C=O) groups is 2. The van der Waals surface area contributed by atoms with Gasteiger partial charge in [0.2, 0.25) is 0 Å². The van der Waals surface area contributed by atoms with Gasteiger partial charge in [-0.2, -0.15) is 5.26 Å². The Hall–Kier alpha value is -3.53. The highest BCUT2D eigenvalue weighted by atomic mass is 16.5. The van der Waals surface area contributed by atoms with Gasteiger partial charge in [-0.3, -0.25) is 4.79 Å². The zero-order chi connectivity index (χ0) is 19.8. The molecule has 0 saturated heterocycles. The van der Waals surface area contributed by atoms with Crippen LogP contribution in [0.1, 0.15) is 21.5 Å². The van der Waals surface area contributed by atoms with E-state index >= 15 is 0 Å². The van der Waals surface area contributed by atoms with Crippen molar-refractivity contribution in [1.82, 2.24) is 4.90 Å². The number of amides is 1. The number of hydrogen-bond donors (Lipinski definition) is 0. The summed E-state index contributed by atoms with van der Waals surface area (Å²) in [4.78, 5) is 25.6. The van der Waals surface area contributed by atoms with Gasteiger partial charge < -0.3 is 19.1 Å². The third kappa shape index (κ3) is 5.22. The Labute approximate surface area is 157 Å². The van der Waals surface area contributed by atoms with Crippen LogP contribution in [0.4, 0.5) is 0 Å². The van der Waals surface area contributed by atoms with Crippen LogP contribution in [0.25, 0.3) is 0 Å². The van der Waals surface area contributed by atoms with Gasteiger partial charge in [0.25, 0.3) is 5.91 Å². The predicted molar refractivity (Wildman–Crippen MR) is 97.5 cm³/mol. The molecule has 0 aliphatic heterocycles. The summed E-state index contributed by atoms with van der Waals surface area (Å²) >= 11 is 0. The van der Waals surface area contributed by atoms with Crippen LogP contribution in [0.2, 0.25) is 0 Å². The first-order valence-corrected chi connectivity index (χ1v) is 8.10.